The van der Waals surface area contributed by atoms with E-state index in [0.717, 1.165) is 29.1 Å². The first-order chi connectivity index (χ1) is 19.3. The molecule has 0 fully saturated rings. The topological polar surface area (TPSA) is 113 Å². The summed E-state index contributed by atoms with van der Waals surface area (Å²) in [6.07, 6.45) is 1.33. The molecule has 0 unspecified atom stereocenters. The van der Waals surface area contributed by atoms with Crippen molar-refractivity contribution < 1.29 is 18.0 Å². The number of thiophene rings is 1. The number of fused-ring (bicyclic) bond motifs is 2. The predicted octanol–water partition coefficient (Wildman–Crippen LogP) is 4.41. The van der Waals surface area contributed by atoms with Crippen molar-refractivity contribution in [1.29, 1.82) is 0 Å². The summed E-state index contributed by atoms with van der Waals surface area (Å²) in [5.74, 6) is -1.01. The summed E-state index contributed by atoms with van der Waals surface area (Å²) in [6.45, 7) is 2.62. The first-order valence-corrected chi connectivity index (χ1v) is 15.3. The van der Waals surface area contributed by atoms with Gasteiger partial charge in [0.15, 0.2) is 0 Å². The number of amides is 2. The van der Waals surface area contributed by atoms with Crippen molar-refractivity contribution in [2.24, 2.45) is 5.73 Å². The zero-order valence-electron chi connectivity index (χ0n) is 21.7. The molecule has 0 bridgehead atoms. The monoisotopic (exact) mass is 572 g/mol. The molecular weight excluding hydrogens is 544 g/mol. The number of nitrogens with one attached hydrogen (secondary N) is 1. The molecule has 4 aromatic rings. The van der Waals surface area contributed by atoms with Crippen LogP contribution in [0.5, 0.6) is 0 Å². The van der Waals surface area contributed by atoms with E-state index in [9.17, 15) is 18.0 Å². The summed E-state index contributed by atoms with van der Waals surface area (Å²) in [7, 11) is -3.76. The Labute approximate surface area is 237 Å². The van der Waals surface area contributed by atoms with Crippen LogP contribution in [0, 0.1) is 0 Å². The quantitative estimate of drug-likeness (QED) is 0.341. The molecule has 0 spiro atoms. The fourth-order valence-corrected chi connectivity index (χ4v) is 8.21. The van der Waals surface area contributed by atoms with Crippen LogP contribution in [0.1, 0.15) is 42.3 Å². The average Bonchev–Trinajstić information content (AvgIpc) is 3.55. The summed E-state index contributed by atoms with van der Waals surface area (Å²) in [6, 6.07) is 23.5. The Hall–Kier alpha value is -3.99. The van der Waals surface area contributed by atoms with Crippen molar-refractivity contribution in [2.75, 3.05) is 22.7 Å². The molecule has 40 heavy (non-hydrogen) atoms. The minimum atomic E-state index is -3.76. The van der Waals surface area contributed by atoms with E-state index in [1.807, 2.05) is 36.4 Å². The molecule has 0 saturated carbocycles. The van der Waals surface area contributed by atoms with Crippen LogP contribution in [-0.2, 0) is 36.0 Å². The highest BCUT2D eigenvalue weighted by molar-refractivity contribution is 7.92. The van der Waals surface area contributed by atoms with Crippen LogP contribution in [0.3, 0.4) is 0 Å². The van der Waals surface area contributed by atoms with Crippen LogP contribution >= 0.6 is 11.3 Å². The minimum Gasteiger partial charge on any atom is -0.365 e. The molecule has 0 saturated heterocycles. The molecule has 1 aromatic heterocycles. The van der Waals surface area contributed by atoms with Crippen molar-refractivity contribution in [3.05, 3.63) is 112 Å². The molecule has 10 heteroatoms. The Balaban J connectivity index is 1.19. The van der Waals surface area contributed by atoms with Crippen molar-refractivity contribution >= 4 is 43.9 Å². The maximum atomic E-state index is 13.3. The molecule has 6 rings (SSSR count). The van der Waals surface area contributed by atoms with Gasteiger partial charge in [-0.1, -0.05) is 48.5 Å². The van der Waals surface area contributed by atoms with E-state index >= 15 is 0 Å². The van der Waals surface area contributed by atoms with Gasteiger partial charge in [0.05, 0.1) is 16.1 Å². The fourth-order valence-electron chi connectivity index (χ4n) is 5.42. The van der Waals surface area contributed by atoms with Crippen LogP contribution in [0.2, 0.25) is 0 Å². The number of carbonyl (C=O) groups excluding carboxylic acids is 2. The Kier molecular flexibility index (Phi) is 6.91. The van der Waals surface area contributed by atoms with E-state index in [2.05, 4.69) is 22.3 Å². The SMILES string of the molecule is NC(=O)c1c(NC(=O)c2ccc(S(=O)(=O)N3CCc4ccccc43)cc2)sc2c1CCN(Cc1ccccc1)C2. The van der Waals surface area contributed by atoms with Gasteiger partial charge >= 0.3 is 0 Å². The van der Waals surface area contributed by atoms with Crippen molar-refractivity contribution in [1.82, 2.24) is 4.90 Å². The lowest BCUT2D eigenvalue weighted by Crippen LogP contribution is -2.30. The van der Waals surface area contributed by atoms with Gasteiger partial charge in [0.1, 0.15) is 5.00 Å². The molecule has 3 heterocycles. The van der Waals surface area contributed by atoms with Crippen LogP contribution < -0.4 is 15.4 Å². The number of rotatable bonds is 7. The lowest BCUT2D eigenvalue weighted by atomic mass is 10.0. The molecule has 204 valence electrons. The highest BCUT2D eigenvalue weighted by Gasteiger charge is 2.31. The molecule has 0 atom stereocenters. The van der Waals surface area contributed by atoms with E-state index in [4.69, 9.17) is 5.73 Å². The zero-order chi connectivity index (χ0) is 27.9. The van der Waals surface area contributed by atoms with Gasteiger partial charge in [0, 0.05) is 36.6 Å². The molecule has 3 aromatic carbocycles. The minimum absolute atomic E-state index is 0.115. The highest BCUT2D eigenvalue weighted by atomic mass is 32.2. The van der Waals surface area contributed by atoms with Gasteiger partial charge in [0.2, 0.25) is 0 Å². The Morgan fingerprint density at radius 3 is 2.38 bits per heavy atom. The van der Waals surface area contributed by atoms with Gasteiger partial charge in [-0.3, -0.25) is 18.8 Å². The summed E-state index contributed by atoms with van der Waals surface area (Å²) in [4.78, 5) is 29.0. The number of hydrogen-bond donors (Lipinski definition) is 2. The zero-order valence-corrected chi connectivity index (χ0v) is 23.3. The predicted molar refractivity (Wildman–Crippen MR) is 156 cm³/mol. The number of sulfonamides is 1. The largest absolute Gasteiger partial charge is 0.365 e. The van der Waals surface area contributed by atoms with Crippen LogP contribution in [0.4, 0.5) is 10.7 Å². The molecule has 0 aliphatic carbocycles. The van der Waals surface area contributed by atoms with Gasteiger partial charge in [-0.2, -0.15) is 0 Å². The van der Waals surface area contributed by atoms with Crippen molar-refractivity contribution in [2.45, 2.75) is 30.8 Å². The van der Waals surface area contributed by atoms with Gasteiger partial charge < -0.3 is 11.1 Å². The number of benzene rings is 3. The van der Waals surface area contributed by atoms with Crippen LogP contribution in [-0.4, -0.2) is 38.2 Å². The molecule has 2 aliphatic rings. The standard InChI is InChI=1S/C30H28N4O4S2/c31-28(35)27-24-15-16-33(18-20-6-2-1-3-7-20)19-26(24)39-30(27)32-29(36)22-10-12-23(13-11-22)40(37,38)34-17-14-21-8-4-5-9-25(21)34/h1-13H,14-19H2,(H2,31,35)(H,32,36). The smallest absolute Gasteiger partial charge is 0.264 e. The average molecular weight is 573 g/mol. The van der Waals surface area contributed by atoms with Gasteiger partial charge in [-0.15, -0.1) is 11.3 Å². The third-order valence-electron chi connectivity index (χ3n) is 7.41. The second kappa shape index (κ2) is 10.5. The second-order valence-electron chi connectivity index (χ2n) is 9.95. The summed E-state index contributed by atoms with van der Waals surface area (Å²) >= 11 is 1.37. The van der Waals surface area contributed by atoms with E-state index < -0.39 is 21.8 Å². The fraction of sp³-hybridized carbons (Fsp3) is 0.200. The number of primary amides is 1. The number of carbonyl (C=O) groups is 2. The number of para-hydroxylation sites is 1. The molecular formula is C30H28N4O4S2. The maximum Gasteiger partial charge on any atom is 0.264 e. The summed E-state index contributed by atoms with van der Waals surface area (Å²) < 4.78 is 28.0. The molecule has 2 amide bonds. The normalized spacial score (nSPS) is 14.9. The third kappa shape index (κ3) is 4.90. The maximum absolute atomic E-state index is 13.3. The lowest BCUT2D eigenvalue weighted by molar-refractivity contribution is 0.0999. The number of hydrogen-bond acceptors (Lipinski definition) is 6. The molecule has 2 aliphatic heterocycles. The van der Waals surface area contributed by atoms with Gasteiger partial charge in [0.25, 0.3) is 21.8 Å². The van der Waals surface area contributed by atoms with Gasteiger partial charge in [-0.05, 0) is 59.9 Å². The van der Waals surface area contributed by atoms with E-state index in [1.54, 1.807) is 6.07 Å². The van der Waals surface area contributed by atoms with Gasteiger partial charge in [-0.25, -0.2) is 8.42 Å². The second-order valence-corrected chi connectivity index (χ2v) is 12.9. The first kappa shape index (κ1) is 26.2. The highest BCUT2D eigenvalue weighted by Crippen LogP contribution is 2.38. The van der Waals surface area contributed by atoms with Crippen molar-refractivity contribution in [3.63, 3.8) is 0 Å². The number of nitrogens with two attached hydrogens (primary N) is 1. The Bertz CT molecular complexity index is 1700. The Morgan fingerprint density at radius 1 is 0.900 bits per heavy atom. The van der Waals surface area contributed by atoms with E-state index in [-0.39, 0.29) is 10.5 Å². The van der Waals surface area contributed by atoms with Crippen molar-refractivity contribution in [3.8, 4) is 0 Å². The third-order valence-corrected chi connectivity index (χ3v) is 10.4. The lowest BCUT2D eigenvalue weighted by Gasteiger charge is -2.27. The first-order valence-electron chi connectivity index (χ1n) is 13.0. The molecule has 8 nitrogen and oxygen atoms in total. The summed E-state index contributed by atoms with van der Waals surface area (Å²) in [5, 5.41) is 3.28. The van der Waals surface area contributed by atoms with E-state index in [0.29, 0.717) is 42.2 Å². The number of anilines is 2. The summed E-state index contributed by atoms with van der Waals surface area (Å²) in [5.41, 5.74) is 10.2. The Morgan fingerprint density at radius 2 is 1.62 bits per heavy atom. The molecule has 0 radical (unpaired) electrons. The van der Waals surface area contributed by atoms with Crippen LogP contribution in [0.15, 0.2) is 83.8 Å². The molecule has 3 N–H and O–H groups in total. The number of nitrogens with zero attached hydrogens (tertiary/aromatic N) is 2. The van der Waals surface area contributed by atoms with Crippen LogP contribution in [0.25, 0.3) is 0 Å². The van der Waals surface area contributed by atoms with E-state index in [1.165, 1.54) is 45.5 Å².